The summed E-state index contributed by atoms with van der Waals surface area (Å²) in [6.45, 7) is 0. The number of fused-ring (bicyclic) bond motifs is 2. The Morgan fingerprint density at radius 2 is 1.60 bits per heavy atom. The Labute approximate surface area is 151 Å². The predicted octanol–water partition coefficient (Wildman–Crippen LogP) is 5.44. The average molecular weight is 347 g/mol. The van der Waals surface area contributed by atoms with E-state index in [-0.39, 0.29) is 32.7 Å². The second-order valence-corrected chi connectivity index (χ2v) is 7.98. The Morgan fingerprint density at radius 3 is 2.45 bits per heavy atom. The molecule has 6 unspecified atom stereocenters. The number of hydrogen-bond donors (Lipinski definition) is 0. The molecule has 4 aliphatic rings. The Bertz CT molecular complexity index is 299. The van der Waals surface area contributed by atoms with Gasteiger partial charge in [0, 0.05) is 32.7 Å². The predicted molar refractivity (Wildman–Crippen MR) is 80.3 cm³/mol. The Kier molecular flexibility index (Phi) is 5.69. The van der Waals surface area contributed by atoms with Crippen molar-refractivity contribution in [3.05, 3.63) is 12.8 Å². The van der Waals surface area contributed by atoms with Crippen LogP contribution in [0.4, 0.5) is 0 Å². The Balaban J connectivity index is 0.00000121. The fourth-order valence-corrected chi connectivity index (χ4v) is 6.01. The van der Waals surface area contributed by atoms with E-state index in [1.54, 1.807) is 12.8 Å². The molecule has 6 atom stereocenters. The zero-order valence-electron chi connectivity index (χ0n) is 13.0. The largest absolute Gasteiger partial charge is 0.325 e. The molecule has 0 amide bonds. The van der Waals surface area contributed by atoms with Gasteiger partial charge in [-0.25, -0.2) is 0 Å². The van der Waals surface area contributed by atoms with Crippen LogP contribution in [-0.4, -0.2) is 0 Å². The van der Waals surface area contributed by atoms with E-state index < -0.39 is 0 Å². The first-order valence-electron chi connectivity index (χ1n) is 9.08. The van der Waals surface area contributed by atoms with Crippen molar-refractivity contribution in [3.8, 4) is 0 Å². The minimum Gasteiger partial charge on any atom is -0.325 e. The van der Waals surface area contributed by atoms with Crippen LogP contribution >= 0.6 is 0 Å². The summed E-state index contributed by atoms with van der Waals surface area (Å²) in [5, 5.41) is 0. The fourth-order valence-electron chi connectivity index (χ4n) is 6.01. The molecular formula is C19H30Y-2. The van der Waals surface area contributed by atoms with Crippen LogP contribution < -0.4 is 0 Å². The van der Waals surface area contributed by atoms with Crippen LogP contribution in [0.3, 0.4) is 0 Å². The van der Waals surface area contributed by atoms with Gasteiger partial charge in [0.1, 0.15) is 0 Å². The van der Waals surface area contributed by atoms with Crippen molar-refractivity contribution in [2.45, 2.75) is 70.6 Å². The Morgan fingerprint density at radius 1 is 0.850 bits per heavy atom. The van der Waals surface area contributed by atoms with E-state index in [1.165, 1.54) is 57.8 Å². The van der Waals surface area contributed by atoms with Gasteiger partial charge in [0.15, 0.2) is 0 Å². The van der Waals surface area contributed by atoms with Crippen molar-refractivity contribution in [2.24, 2.45) is 35.5 Å². The summed E-state index contributed by atoms with van der Waals surface area (Å²) in [7, 11) is 0. The molecule has 0 nitrogen and oxygen atoms in total. The maximum Gasteiger partial charge on any atom is 0 e. The molecule has 1 heteroatoms. The van der Waals surface area contributed by atoms with Crippen LogP contribution in [-0.2, 0) is 32.7 Å². The molecule has 4 aliphatic carbocycles. The maximum atomic E-state index is 2.80. The monoisotopic (exact) mass is 347 g/mol. The van der Waals surface area contributed by atoms with Crippen molar-refractivity contribution >= 4 is 0 Å². The summed E-state index contributed by atoms with van der Waals surface area (Å²) in [6.07, 6.45) is 22.3. The van der Waals surface area contributed by atoms with Crippen LogP contribution in [0.2, 0.25) is 0 Å². The summed E-state index contributed by atoms with van der Waals surface area (Å²) in [5.41, 5.74) is 0. The molecule has 0 spiro atoms. The number of hydrogen-bond acceptors (Lipinski definition) is 0. The number of rotatable bonds is 2. The minimum absolute atomic E-state index is 0. The first-order valence-corrected chi connectivity index (χ1v) is 9.08. The molecule has 0 aromatic heterocycles. The van der Waals surface area contributed by atoms with E-state index >= 15 is 0 Å². The molecule has 0 aliphatic heterocycles. The molecule has 4 saturated carbocycles. The van der Waals surface area contributed by atoms with E-state index in [0.29, 0.717) is 0 Å². The van der Waals surface area contributed by atoms with E-state index in [1.807, 2.05) is 0 Å². The van der Waals surface area contributed by atoms with Crippen LogP contribution in [0.25, 0.3) is 0 Å². The molecule has 0 aromatic carbocycles. The summed E-state index contributed by atoms with van der Waals surface area (Å²) in [5.74, 6) is 6.25. The maximum absolute atomic E-state index is 2.80. The summed E-state index contributed by atoms with van der Waals surface area (Å²) >= 11 is 0. The van der Waals surface area contributed by atoms with Gasteiger partial charge < -0.3 is 12.8 Å². The summed E-state index contributed by atoms with van der Waals surface area (Å²) in [6, 6.07) is 0. The van der Waals surface area contributed by atoms with Gasteiger partial charge >= 0.3 is 0 Å². The quantitative estimate of drug-likeness (QED) is 0.584. The van der Waals surface area contributed by atoms with Crippen LogP contribution in [0.15, 0.2) is 0 Å². The first-order chi connectivity index (χ1) is 9.40. The molecule has 111 valence electrons. The van der Waals surface area contributed by atoms with E-state index in [9.17, 15) is 0 Å². The molecule has 0 saturated heterocycles. The smallest absolute Gasteiger partial charge is 0 e. The zero-order valence-corrected chi connectivity index (χ0v) is 15.8. The third-order valence-electron chi connectivity index (χ3n) is 6.93. The van der Waals surface area contributed by atoms with Gasteiger partial charge in [-0.2, -0.15) is 24.2 Å². The average Bonchev–Trinajstić information content (AvgIpc) is 3.03. The molecule has 0 heterocycles. The van der Waals surface area contributed by atoms with E-state index in [2.05, 4.69) is 12.8 Å². The van der Waals surface area contributed by atoms with Gasteiger partial charge in [-0.1, -0.05) is 75.5 Å². The van der Waals surface area contributed by atoms with Gasteiger partial charge in [0.05, 0.1) is 0 Å². The second-order valence-electron chi connectivity index (χ2n) is 7.98. The van der Waals surface area contributed by atoms with Gasteiger partial charge in [-0.15, -0.1) is 6.42 Å². The summed E-state index contributed by atoms with van der Waals surface area (Å²) < 4.78 is 0. The fraction of sp³-hybridized carbons (Fsp3) is 0.895. The molecule has 0 bridgehead atoms. The molecule has 0 N–H and O–H groups in total. The van der Waals surface area contributed by atoms with Gasteiger partial charge in [0.2, 0.25) is 0 Å². The van der Waals surface area contributed by atoms with Crippen molar-refractivity contribution in [3.63, 3.8) is 0 Å². The second kappa shape index (κ2) is 7.12. The molecule has 4 fully saturated rings. The minimum atomic E-state index is 0. The first kappa shape index (κ1) is 16.0. The van der Waals surface area contributed by atoms with Gasteiger partial charge in [0.25, 0.3) is 0 Å². The molecule has 0 aromatic rings. The third kappa shape index (κ3) is 3.22. The van der Waals surface area contributed by atoms with Crippen LogP contribution in [0.5, 0.6) is 0 Å². The standard InChI is InChI=1S/C19H30.Y/c1-2-7-17-12-14(11-16(17)6-1)13-18-10-9-15-5-3-4-8-19(15)18;/h10-11,14-19H,1-9,12-13H2;/q-2;. The van der Waals surface area contributed by atoms with E-state index in [4.69, 9.17) is 0 Å². The van der Waals surface area contributed by atoms with Crippen molar-refractivity contribution in [1.29, 1.82) is 0 Å². The topological polar surface area (TPSA) is 0 Å². The van der Waals surface area contributed by atoms with Gasteiger partial charge in [-0.05, 0) is 0 Å². The van der Waals surface area contributed by atoms with Crippen LogP contribution in [0, 0.1) is 48.3 Å². The molecule has 4 rings (SSSR count). The molecule has 1 radical (unpaired) electrons. The third-order valence-corrected chi connectivity index (χ3v) is 6.93. The van der Waals surface area contributed by atoms with E-state index in [0.717, 1.165) is 35.5 Å². The van der Waals surface area contributed by atoms with Crippen molar-refractivity contribution in [1.82, 2.24) is 0 Å². The van der Waals surface area contributed by atoms with Gasteiger partial charge in [-0.3, -0.25) is 0 Å². The zero-order chi connectivity index (χ0) is 12.7. The normalized spacial score (nSPS) is 47.4. The van der Waals surface area contributed by atoms with Crippen molar-refractivity contribution in [2.75, 3.05) is 0 Å². The molecular weight excluding hydrogens is 317 g/mol. The Hall–Kier alpha value is 1.10. The SMILES string of the molecule is [CH-]1C(CC2[CH-]CC3CCCCC23)CC2CCCCC12.[Y]. The molecule has 20 heavy (non-hydrogen) atoms. The van der Waals surface area contributed by atoms with Crippen molar-refractivity contribution < 1.29 is 32.7 Å². The summed E-state index contributed by atoms with van der Waals surface area (Å²) in [4.78, 5) is 0. The van der Waals surface area contributed by atoms with Crippen LogP contribution in [0.1, 0.15) is 70.6 Å².